The number of aromatic nitrogens is 2. The van der Waals surface area contributed by atoms with Gasteiger partial charge in [-0.05, 0) is 109 Å². The summed E-state index contributed by atoms with van der Waals surface area (Å²) in [6.07, 6.45) is 3.37. The lowest BCUT2D eigenvalue weighted by Crippen LogP contribution is -2.26. The molecule has 13 rings (SSSR count). The molecule has 2 aliphatic carbocycles. The predicted octanol–water partition coefficient (Wildman–Crippen LogP) is 14.8. The Morgan fingerprint density at radius 2 is 0.935 bits per heavy atom. The third-order valence-corrected chi connectivity index (χ3v) is 13.2. The largest absolute Gasteiger partial charge is 0.306 e. The van der Waals surface area contributed by atoms with Gasteiger partial charge in [-0.15, -0.1) is 0 Å². The quantitative estimate of drug-likeness (QED) is 0.157. The fraction of sp³-hybridized carbons (Fsp3) is 0.0175. The second-order valence-electron chi connectivity index (χ2n) is 16.2. The number of benzene rings is 10. The first-order chi connectivity index (χ1) is 30.7. The van der Waals surface area contributed by atoms with Gasteiger partial charge in [-0.3, -0.25) is 4.90 Å². The molecule has 4 nitrogen and oxygen atoms in total. The van der Waals surface area contributed by atoms with E-state index in [0.29, 0.717) is 5.69 Å². The van der Waals surface area contributed by atoms with Crippen molar-refractivity contribution in [2.45, 2.75) is 5.41 Å². The number of hydrogen-bond donors (Lipinski definition) is 0. The molecule has 0 aliphatic heterocycles. The molecule has 0 unspecified atom stereocenters. The summed E-state index contributed by atoms with van der Waals surface area (Å²) in [5.41, 5.74) is 13.5. The fourth-order valence-corrected chi connectivity index (χ4v) is 10.9. The summed E-state index contributed by atoms with van der Waals surface area (Å²) in [6, 6.07) is 70.2. The smallest absolute Gasteiger partial charge is 0.147 e. The first-order valence-electron chi connectivity index (χ1n) is 21.0. The first kappa shape index (κ1) is 34.7. The first-order valence-corrected chi connectivity index (χ1v) is 21.0. The van der Waals surface area contributed by atoms with Crippen LogP contribution in [-0.2, 0) is 5.41 Å². The summed E-state index contributed by atoms with van der Waals surface area (Å²) in [7, 11) is 0. The Labute approximate surface area is 357 Å². The Kier molecular flexibility index (Phi) is 7.37. The highest BCUT2D eigenvalue weighted by molar-refractivity contribution is 6.28. The predicted molar refractivity (Wildman–Crippen MR) is 251 cm³/mol. The number of hydrogen-bond acceptors (Lipinski definition) is 4. The highest BCUT2D eigenvalue weighted by Gasteiger charge is 2.52. The zero-order valence-electron chi connectivity index (χ0n) is 33.4. The second kappa shape index (κ2) is 13.2. The van der Waals surface area contributed by atoms with Crippen LogP contribution in [0.3, 0.4) is 0 Å². The SMILES string of the molecule is Fc1ccccc1N(c1cccc2c1-c1ccccc1C21c2ccccc2-c2ccccc21)c1ccc2ccc3c(N(c4ccccc4)c4ccncn4)ccc4ccc1c2c43. The molecule has 0 saturated heterocycles. The van der Waals surface area contributed by atoms with Crippen molar-refractivity contribution in [1.29, 1.82) is 0 Å². The number of anilines is 6. The minimum Gasteiger partial charge on any atom is -0.306 e. The van der Waals surface area contributed by atoms with Gasteiger partial charge in [-0.25, -0.2) is 14.4 Å². The van der Waals surface area contributed by atoms with E-state index in [1.165, 1.54) is 33.4 Å². The van der Waals surface area contributed by atoms with Gasteiger partial charge in [0, 0.05) is 28.2 Å². The van der Waals surface area contributed by atoms with Crippen LogP contribution in [0.1, 0.15) is 22.3 Å². The molecular formula is C57H35FN4. The van der Waals surface area contributed by atoms with Gasteiger partial charge in [0.25, 0.3) is 0 Å². The topological polar surface area (TPSA) is 32.3 Å². The third kappa shape index (κ3) is 4.65. The van der Waals surface area contributed by atoms with E-state index in [1.54, 1.807) is 24.7 Å². The molecule has 11 aromatic rings. The number of nitrogens with zero attached hydrogens (tertiary/aromatic N) is 4. The van der Waals surface area contributed by atoms with Gasteiger partial charge in [0.1, 0.15) is 18.0 Å². The van der Waals surface area contributed by atoms with Crippen molar-refractivity contribution in [1.82, 2.24) is 9.97 Å². The van der Waals surface area contributed by atoms with Crippen molar-refractivity contribution in [3.63, 3.8) is 0 Å². The number of rotatable bonds is 6. The van der Waals surface area contributed by atoms with E-state index in [4.69, 9.17) is 4.98 Å². The van der Waals surface area contributed by atoms with E-state index < -0.39 is 5.41 Å². The number of para-hydroxylation sites is 2. The molecule has 0 N–H and O–H groups in total. The average Bonchev–Trinajstić information content (AvgIpc) is 3.81. The van der Waals surface area contributed by atoms with Crippen molar-refractivity contribution in [2.75, 3.05) is 9.80 Å². The van der Waals surface area contributed by atoms with Crippen LogP contribution in [-0.4, -0.2) is 9.97 Å². The zero-order valence-corrected chi connectivity index (χ0v) is 33.4. The maximum Gasteiger partial charge on any atom is 0.147 e. The maximum absolute atomic E-state index is 16.8. The van der Waals surface area contributed by atoms with Gasteiger partial charge in [0.05, 0.1) is 28.2 Å². The molecule has 0 saturated carbocycles. The summed E-state index contributed by atoms with van der Waals surface area (Å²) in [4.78, 5) is 13.3. The summed E-state index contributed by atoms with van der Waals surface area (Å²) in [5.74, 6) is 0.482. The van der Waals surface area contributed by atoms with Gasteiger partial charge in [-0.1, -0.05) is 152 Å². The van der Waals surface area contributed by atoms with Gasteiger partial charge in [0.15, 0.2) is 0 Å². The lowest BCUT2D eigenvalue weighted by atomic mass is 9.70. The molecule has 0 bridgehead atoms. The van der Waals surface area contributed by atoms with E-state index in [2.05, 4.69) is 166 Å². The van der Waals surface area contributed by atoms with Gasteiger partial charge >= 0.3 is 0 Å². The molecule has 1 spiro atoms. The minimum atomic E-state index is -0.538. The second-order valence-corrected chi connectivity index (χ2v) is 16.2. The highest BCUT2D eigenvalue weighted by atomic mass is 19.1. The summed E-state index contributed by atoms with van der Waals surface area (Å²) in [6.45, 7) is 0. The Morgan fingerprint density at radius 1 is 0.403 bits per heavy atom. The van der Waals surface area contributed by atoms with Crippen molar-refractivity contribution in [3.05, 3.63) is 241 Å². The van der Waals surface area contributed by atoms with Crippen molar-refractivity contribution >= 4 is 66.6 Å². The van der Waals surface area contributed by atoms with Crippen LogP contribution in [0.4, 0.5) is 38.6 Å². The fourth-order valence-electron chi connectivity index (χ4n) is 10.9. The number of halogens is 1. The molecule has 1 aromatic heterocycles. The molecular weight excluding hydrogens is 760 g/mol. The Morgan fingerprint density at radius 3 is 1.58 bits per heavy atom. The van der Waals surface area contributed by atoms with Crippen LogP contribution >= 0.6 is 0 Å². The lowest BCUT2D eigenvalue weighted by molar-refractivity contribution is 0.629. The molecule has 62 heavy (non-hydrogen) atoms. The number of fused-ring (bicyclic) bond motifs is 10. The van der Waals surface area contributed by atoms with Crippen LogP contribution in [0.15, 0.2) is 213 Å². The van der Waals surface area contributed by atoms with Crippen molar-refractivity contribution in [2.24, 2.45) is 0 Å². The van der Waals surface area contributed by atoms with E-state index >= 15 is 4.39 Å². The van der Waals surface area contributed by atoms with Crippen molar-refractivity contribution in [3.8, 4) is 22.3 Å². The van der Waals surface area contributed by atoms with Crippen LogP contribution in [0, 0.1) is 5.82 Å². The van der Waals surface area contributed by atoms with E-state index in [9.17, 15) is 0 Å². The molecule has 0 radical (unpaired) electrons. The highest BCUT2D eigenvalue weighted by Crippen LogP contribution is 2.65. The summed E-state index contributed by atoms with van der Waals surface area (Å²) < 4.78 is 16.8. The molecule has 1 heterocycles. The van der Waals surface area contributed by atoms with Gasteiger partial charge < -0.3 is 4.90 Å². The van der Waals surface area contributed by atoms with Crippen LogP contribution in [0.5, 0.6) is 0 Å². The normalized spacial score (nSPS) is 13.0. The Balaban J connectivity index is 1.10. The van der Waals surface area contributed by atoms with E-state index in [0.717, 1.165) is 72.0 Å². The van der Waals surface area contributed by atoms with Crippen LogP contribution < -0.4 is 9.80 Å². The van der Waals surface area contributed by atoms with Crippen LogP contribution in [0.2, 0.25) is 0 Å². The molecule has 5 heteroatoms. The third-order valence-electron chi connectivity index (χ3n) is 13.2. The molecule has 0 amide bonds. The molecule has 2 aliphatic rings. The standard InChI is InChI=1S/C57H35FN4/c58-48-22-10-11-23-51(48)62(52-24-12-21-47-56(52)41-17-6-9-20-46(41)57(47)44-18-7-4-15-39(44)40-16-5-8-19-45(40)57)50-32-28-37-25-29-42-49(31-27-36-26-30-43(50)55(37)54(36)42)61(38-13-2-1-3-14-38)53-33-34-59-35-60-53/h1-35H. The Bertz CT molecular complexity index is 3480. The minimum absolute atomic E-state index is 0.293. The van der Waals surface area contributed by atoms with Crippen molar-refractivity contribution < 1.29 is 4.39 Å². The molecule has 0 atom stereocenters. The molecule has 10 aromatic carbocycles. The molecule has 290 valence electrons. The van der Waals surface area contributed by atoms with E-state index in [1.807, 2.05) is 36.4 Å². The van der Waals surface area contributed by atoms with Gasteiger partial charge in [0.2, 0.25) is 0 Å². The maximum atomic E-state index is 16.8. The zero-order chi connectivity index (χ0) is 40.9. The Hall–Kier alpha value is -8.15. The molecule has 0 fully saturated rings. The lowest BCUT2D eigenvalue weighted by Gasteiger charge is -2.32. The van der Waals surface area contributed by atoms with Crippen LogP contribution in [0.25, 0.3) is 54.6 Å². The monoisotopic (exact) mass is 794 g/mol. The summed E-state index contributed by atoms with van der Waals surface area (Å²) in [5, 5.41) is 6.63. The average molecular weight is 795 g/mol. The van der Waals surface area contributed by atoms with E-state index in [-0.39, 0.29) is 5.82 Å². The van der Waals surface area contributed by atoms with Gasteiger partial charge in [-0.2, -0.15) is 0 Å². The summed E-state index contributed by atoms with van der Waals surface area (Å²) >= 11 is 0.